The number of hydrogen-bond donors (Lipinski definition) is 0. The van der Waals surface area contributed by atoms with Crippen molar-refractivity contribution in [3.63, 3.8) is 0 Å². The van der Waals surface area contributed by atoms with Crippen LogP contribution in [0.15, 0.2) is 24.3 Å². The highest BCUT2D eigenvalue weighted by Gasteiger charge is 2.31. The van der Waals surface area contributed by atoms with E-state index in [0.29, 0.717) is 0 Å². The summed E-state index contributed by atoms with van der Waals surface area (Å²) >= 11 is 3.51. The van der Waals surface area contributed by atoms with Gasteiger partial charge in [0.25, 0.3) is 0 Å². The summed E-state index contributed by atoms with van der Waals surface area (Å²) in [6, 6.07) is 6.12. The fourth-order valence-corrected chi connectivity index (χ4v) is 3.00. The van der Waals surface area contributed by atoms with Crippen molar-refractivity contribution < 1.29 is 17.9 Å². The van der Waals surface area contributed by atoms with Crippen molar-refractivity contribution in [3.8, 4) is 5.75 Å². The number of alkyl halides is 4. The molecule has 0 amide bonds. The lowest BCUT2D eigenvalue weighted by Crippen LogP contribution is -2.33. The molecule has 1 aromatic rings. The Balaban J connectivity index is 1.85. The molecule has 1 aromatic carbocycles. The zero-order chi connectivity index (χ0) is 14.6. The summed E-state index contributed by atoms with van der Waals surface area (Å²) in [6.07, 6.45) is -2.29. The zero-order valence-corrected chi connectivity index (χ0v) is 12.6. The van der Waals surface area contributed by atoms with Crippen LogP contribution in [0.4, 0.5) is 13.2 Å². The zero-order valence-electron chi connectivity index (χ0n) is 11.0. The molecule has 0 unspecified atom stereocenters. The summed E-state index contributed by atoms with van der Waals surface area (Å²) in [6.45, 7) is 2.86. The van der Waals surface area contributed by atoms with Gasteiger partial charge in [-0.15, -0.1) is 13.2 Å². The minimum absolute atomic E-state index is 0.167. The molecule has 6 heteroatoms. The molecule has 1 saturated heterocycles. The van der Waals surface area contributed by atoms with Gasteiger partial charge in [0.2, 0.25) is 0 Å². The number of piperidine rings is 1. The highest BCUT2D eigenvalue weighted by atomic mass is 79.9. The summed E-state index contributed by atoms with van der Waals surface area (Å²) in [5.74, 6) is 0.577. The van der Waals surface area contributed by atoms with Gasteiger partial charge in [-0.05, 0) is 49.5 Å². The first kappa shape index (κ1) is 15.6. The molecule has 0 saturated carbocycles. The van der Waals surface area contributed by atoms with Gasteiger partial charge in [-0.3, -0.25) is 4.90 Å². The van der Waals surface area contributed by atoms with Crippen LogP contribution in [0.1, 0.15) is 18.4 Å². The van der Waals surface area contributed by atoms with E-state index < -0.39 is 6.36 Å². The van der Waals surface area contributed by atoms with Crippen LogP contribution < -0.4 is 4.74 Å². The van der Waals surface area contributed by atoms with Crippen molar-refractivity contribution in [2.45, 2.75) is 25.7 Å². The first-order valence-electron chi connectivity index (χ1n) is 6.59. The highest BCUT2D eigenvalue weighted by Crippen LogP contribution is 2.24. The second kappa shape index (κ2) is 6.80. The Morgan fingerprint density at radius 3 is 2.25 bits per heavy atom. The third-order valence-corrected chi connectivity index (χ3v) is 4.40. The maximum Gasteiger partial charge on any atom is 0.573 e. The van der Waals surface area contributed by atoms with Gasteiger partial charge in [0, 0.05) is 11.9 Å². The first-order chi connectivity index (χ1) is 9.46. The number of likely N-dealkylation sites (tertiary alicyclic amines) is 1. The van der Waals surface area contributed by atoms with Crippen LogP contribution in [0, 0.1) is 5.92 Å². The van der Waals surface area contributed by atoms with E-state index >= 15 is 0 Å². The van der Waals surface area contributed by atoms with E-state index in [1.807, 2.05) is 0 Å². The predicted molar refractivity (Wildman–Crippen MR) is 74.9 cm³/mol. The van der Waals surface area contributed by atoms with E-state index in [9.17, 15) is 13.2 Å². The van der Waals surface area contributed by atoms with Crippen LogP contribution in [0.2, 0.25) is 0 Å². The van der Waals surface area contributed by atoms with Crippen LogP contribution in [0.3, 0.4) is 0 Å². The Labute approximate surface area is 125 Å². The largest absolute Gasteiger partial charge is 0.573 e. The molecule has 0 aromatic heterocycles. The number of nitrogens with zero attached hydrogens (tertiary/aromatic N) is 1. The lowest BCUT2D eigenvalue weighted by molar-refractivity contribution is -0.274. The Kier molecular flexibility index (Phi) is 5.32. The topological polar surface area (TPSA) is 12.5 Å². The van der Waals surface area contributed by atoms with E-state index in [-0.39, 0.29) is 5.75 Å². The third-order valence-electron chi connectivity index (χ3n) is 3.49. The molecule has 0 N–H and O–H groups in total. The standard InChI is InChI=1S/C14H17BrF3NO/c15-9-11-5-7-19(8-6-11)10-12-1-3-13(4-2-12)20-14(16,17)18/h1-4,11H,5-10H2. The quantitative estimate of drug-likeness (QED) is 0.754. The summed E-state index contributed by atoms with van der Waals surface area (Å²) in [4.78, 5) is 2.33. The van der Waals surface area contributed by atoms with E-state index in [1.54, 1.807) is 12.1 Å². The molecule has 20 heavy (non-hydrogen) atoms. The Hall–Kier alpha value is -0.750. The summed E-state index contributed by atoms with van der Waals surface area (Å²) in [7, 11) is 0. The smallest absolute Gasteiger partial charge is 0.406 e. The number of benzene rings is 1. The van der Waals surface area contributed by atoms with Crippen molar-refractivity contribution in [1.29, 1.82) is 0 Å². The number of hydrogen-bond acceptors (Lipinski definition) is 2. The number of halogens is 4. The average Bonchev–Trinajstić information content (AvgIpc) is 2.40. The molecule has 0 radical (unpaired) electrons. The second-order valence-electron chi connectivity index (χ2n) is 5.07. The second-order valence-corrected chi connectivity index (χ2v) is 5.71. The number of ether oxygens (including phenoxy) is 1. The first-order valence-corrected chi connectivity index (χ1v) is 7.71. The van der Waals surface area contributed by atoms with Crippen molar-refractivity contribution >= 4 is 15.9 Å². The van der Waals surface area contributed by atoms with E-state index in [4.69, 9.17) is 0 Å². The predicted octanol–water partition coefficient (Wildman–Crippen LogP) is 4.19. The summed E-state index contributed by atoms with van der Waals surface area (Å²) < 4.78 is 40.0. The molecule has 112 valence electrons. The fourth-order valence-electron chi connectivity index (χ4n) is 2.35. The van der Waals surface area contributed by atoms with Crippen molar-refractivity contribution in [3.05, 3.63) is 29.8 Å². The van der Waals surface area contributed by atoms with E-state index in [2.05, 4.69) is 25.6 Å². The Morgan fingerprint density at radius 2 is 1.75 bits per heavy atom. The van der Waals surface area contributed by atoms with Crippen LogP contribution in [-0.2, 0) is 6.54 Å². The molecule has 0 aliphatic carbocycles. The van der Waals surface area contributed by atoms with Gasteiger partial charge in [0.1, 0.15) is 5.75 Å². The summed E-state index contributed by atoms with van der Waals surface area (Å²) in [5.41, 5.74) is 1.01. The van der Waals surface area contributed by atoms with E-state index in [1.165, 1.54) is 25.0 Å². The van der Waals surface area contributed by atoms with Crippen LogP contribution in [0.25, 0.3) is 0 Å². The van der Waals surface area contributed by atoms with Gasteiger partial charge in [-0.25, -0.2) is 0 Å². The lowest BCUT2D eigenvalue weighted by atomic mass is 9.99. The molecule has 1 fully saturated rings. The minimum atomic E-state index is -4.63. The van der Waals surface area contributed by atoms with Crippen molar-refractivity contribution in [1.82, 2.24) is 4.90 Å². The van der Waals surface area contributed by atoms with E-state index in [0.717, 1.165) is 36.4 Å². The molecular formula is C14H17BrF3NO. The lowest BCUT2D eigenvalue weighted by Gasteiger charge is -2.31. The van der Waals surface area contributed by atoms with Gasteiger partial charge < -0.3 is 4.74 Å². The maximum absolute atomic E-state index is 12.1. The average molecular weight is 352 g/mol. The molecule has 0 spiro atoms. The maximum atomic E-state index is 12.1. The molecule has 0 bridgehead atoms. The molecule has 2 nitrogen and oxygen atoms in total. The van der Waals surface area contributed by atoms with Crippen molar-refractivity contribution in [2.24, 2.45) is 5.92 Å². The molecule has 1 aliphatic heterocycles. The monoisotopic (exact) mass is 351 g/mol. The van der Waals surface area contributed by atoms with Gasteiger partial charge in [-0.2, -0.15) is 0 Å². The van der Waals surface area contributed by atoms with Gasteiger partial charge in [0.05, 0.1) is 0 Å². The SMILES string of the molecule is FC(F)(F)Oc1ccc(CN2CCC(CBr)CC2)cc1. The Morgan fingerprint density at radius 1 is 1.15 bits per heavy atom. The van der Waals surface area contributed by atoms with Gasteiger partial charge >= 0.3 is 6.36 Å². The fraction of sp³-hybridized carbons (Fsp3) is 0.571. The highest BCUT2D eigenvalue weighted by molar-refractivity contribution is 9.09. The normalized spacial score (nSPS) is 18.2. The molecule has 2 rings (SSSR count). The summed E-state index contributed by atoms with van der Waals surface area (Å²) in [5, 5.41) is 1.05. The molecule has 1 aliphatic rings. The molecule has 0 atom stereocenters. The third kappa shape index (κ3) is 4.98. The van der Waals surface area contributed by atoms with Crippen LogP contribution in [0.5, 0.6) is 5.75 Å². The van der Waals surface area contributed by atoms with Crippen molar-refractivity contribution in [2.75, 3.05) is 18.4 Å². The van der Waals surface area contributed by atoms with Gasteiger partial charge in [-0.1, -0.05) is 28.1 Å². The Bertz CT molecular complexity index is 413. The minimum Gasteiger partial charge on any atom is -0.406 e. The van der Waals surface area contributed by atoms with Gasteiger partial charge in [0.15, 0.2) is 0 Å². The number of rotatable bonds is 4. The molecule has 1 heterocycles. The molecular weight excluding hydrogens is 335 g/mol. The van der Waals surface area contributed by atoms with Crippen LogP contribution >= 0.6 is 15.9 Å². The van der Waals surface area contributed by atoms with Crippen LogP contribution in [-0.4, -0.2) is 29.7 Å².